The zero-order valence-electron chi connectivity index (χ0n) is 7.70. The van der Waals surface area contributed by atoms with Crippen LogP contribution in [0.4, 0.5) is 0 Å². The third-order valence-corrected chi connectivity index (χ3v) is 1.77. The monoisotopic (exact) mass is 163 g/mol. The first-order chi connectivity index (χ1) is 5.63. The molecule has 3 heteroatoms. The summed E-state index contributed by atoms with van der Waals surface area (Å²) < 4.78 is 1.88. The van der Waals surface area contributed by atoms with Gasteiger partial charge in [-0.25, -0.2) is 0 Å². The van der Waals surface area contributed by atoms with Crippen molar-refractivity contribution < 1.29 is 0 Å². The lowest BCUT2D eigenvalue weighted by Gasteiger charge is -2.04. The van der Waals surface area contributed by atoms with Crippen LogP contribution < -0.4 is 0 Å². The van der Waals surface area contributed by atoms with Gasteiger partial charge in [-0.3, -0.25) is 4.68 Å². The van der Waals surface area contributed by atoms with Crippen LogP contribution in [-0.2, 0) is 6.54 Å². The maximum atomic E-state index is 8.60. The SMILES string of the molecule is Cc1cc(C)n(CC(C)C#N)n1. The molecular formula is C9H13N3. The van der Waals surface area contributed by atoms with Gasteiger partial charge < -0.3 is 0 Å². The summed E-state index contributed by atoms with van der Waals surface area (Å²) in [5, 5.41) is 12.9. The van der Waals surface area contributed by atoms with Crippen LogP contribution in [0.3, 0.4) is 0 Å². The Kier molecular flexibility index (Phi) is 2.49. The number of hydrogen-bond donors (Lipinski definition) is 0. The normalized spacial score (nSPS) is 12.5. The summed E-state index contributed by atoms with van der Waals surface area (Å²) in [6, 6.07) is 4.21. The van der Waals surface area contributed by atoms with E-state index in [1.165, 1.54) is 0 Å². The molecule has 0 bridgehead atoms. The van der Waals surface area contributed by atoms with Crippen LogP contribution in [0.2, 0.25) is 0 Å². The van der Waals surface area contributed by atoms with Gasteiger partial charge in [0.2, 0.25) is 0 Å². The highest BCUT2D eigenvalue weighted by molar-refractivity contribution is 5.06. The Morgan fingerprint density at radius 1 is 1.67 bits per heavy atom. The van der Waals surface area contributed by atoms with Gasteiger partial charge in [0.15, 0.2) is 0 Å². The van der Waals surface area contributed by atoms with Crippen LogP contribution in [0.15, 0.2) is 6.07 Å². The lowest BCUT2D eigenvalue weighted by molar-refractivity contribution is 0.515. The van der Waals surface area contributed by atoms with E-state index >= 15 is 0 Å². The molecule has 0 radical (unpaired) electrons. The van der Waals surface area contributed by atoms with E-state index in [1.807, 2.05) is 31.5 Å². The summed E-state index contributed by atoms with van der Waals surface area (Å²) in [6.07, 6.45) is 0. The van der Waals surface area contributed by atoms with Crippen molar-refractivity contribution in [2.75, 3.05) is 0 Å². The largest absolute Gasteiger partial charge is 0.268 e. The van der Waals surface area contributed by atoms with Crippen molar-refractivity contribution >= 4 is 0 Å². The first-order valence-corrected chi connectivity index (χ1v) is 4.04. The van der Waals surface area contributed by atoms with Crippen LogP contribution in [0.1, 0.15) is 18.3 Å². The number of aryl methyl sites for hydroxylation is 2. The second-order valence-electron chi connectivity index (χ2n) is 3.14. The van der Waals surface area contributed by atoms with Crippen molar-refractivity contribution in [1.29, 1.82) is 5.26 Å². The fourth-order valence-corrected chi connectivity index (χ4v) is 1.16. The van der Waals surface area contributed by atoms with Gasteiger partial charge in [0, 0.05) is 5.69 Å². The third-order valence-electron chi connectivity index (χ3n) is 1.77. The minimum absolute atomic E-state index is 0.0306. The predicted molar refractivity (Wildman–Crippen MR) is 46.5 cm³/mol. The maximum absolute atomic E-state index is 8.60. The average Bonchev–Trinajstić information content (AvgIpc) is 2.30. The summed E-state index contributed by atoms with van der Waals surface area (Å²) in [5.41, 5.74) is 2.13. The zero-order valence-corrected chi connectivity index (χ0v) is 7.70. The summed E-state index contributed by atoms with van der Waals surface area (Å²) in [5.74, 6) is 0.0306. The van der Waals surface area contributed by atoms with Crippen molar-refractivity contribution in [1.82, 2.24) is 9.78 Å². The van der Waals surface area contributed by atoms with Crippen molar-refractivity contribution in [3.8, 4) is 6.07 Å². The standard InChI is InChI=1S/C9H13N3/c1-7(5-10)6-12-9(3)4-8(2)11-12/h4,7H,6H2,1-3H3. The van der Waals surface area contributed by atoms with E-state index in [2.05, 4.69) is 11.2 Å². The Bertz CT molecular complexity index is 306. The Balaban J connectivity index is 2.76. The minimum Gasteiger partial charge on any atom is -0.268 e. The van der Waals surface area contributed by atoms with Gasteiger partial charge in [-0.1, -0.05) is 0 Å². The number of nitrogens with zero attached hydrogens (tertiary/aromatic N) is 3. The molecule has 1 aromatic rings. The van der Waals surface area contributed by atoms with Gasteiger partial charge >= 0.3 is 0 Å². The molecule has 0 spiro atoms. The minimum atomic E-state index is 0.0306. The van der Waals surface area contributed by atoms with E-state index in [1.54, 1.807) is 0 Å². The van der Waals surface area contributed by atoms with Gasteiger partial charge in [-0.15, -0.1) is 0 Å². The Labute approximate surface area is 72.6 Å². The summed E-state index contributed by atoms with van der Waals surface area (Å²) in [4.78, 5) is 0. The van der Waals surface area contributed by atoms with Crippen LogP contribution in [0.5, 0.6) is 0 Å². The Hall–Kier alpha value is -1.30. The molecule has 3 nitrogen and oxygen atoms in total. The molecule has 1 atom stereocenters. The number of aromatic nitrogens is 2. The van der Waals surface area contributed by atoms with Gasteiger partial charge in [0.1, 0.15) is 0 Å². The quantitative estimate of drug-likeness (QED) is 0.665. The second kappa shape index (κ2) is 3.40. The smallest absolute Gasteiger partial charge is 0.0672 e. The fraction of sp³-hybridized carbons (Fsp3) is 0.556. The highest BCUT2D eigenvalue weighted by atomic mass is 15.3. The Morgan fingerprint density at radius 3 is 2.75 bits per heavy atom. The van der Waals surface area contributed by atoms with E-state index in [0.717, 1.165) is 11.4 Å². The molecule has 0 fully saturated rings. The van der Waals surface area contributed by atoms with Crippen LogP contribution in [0.25, 0.3) is 0 Å². The molecule has 0 aromatic carbocycles. The molecule has 12 heavy (non-hydrogen) atoms. The average molecular weight is 163 g/mol. The number of nitriles is 1. The van der Waals surface area contributed by atoms with E-state index in [9.17, 15) is 0 Å². The molecular weight excluding hydrogens is 150 g/mol. The molecule has 1 aromatic heterocycles. The topological polar surface area (TPSA) is 41.6 Å². The zero-order chi connectivity index (χ0) is 9.14. The van der Waals surface area contributed by atoms with Crippen molar-refractivity contribution in [3.63, 3.8) is 0 Å². The van der Waals surface area contributed by atoms with Crippen LogP contribution >= 0.6 is 0 Å². The first-order valence-electron chi connectivity index (χ1n) is 4.04. The van der Waals surface area contributed by atoms with E-state index < -0.39 is 0 Å². The highest BCUT2D eigenvalue weighted by Gasteiger charge is 2.04. The molecule has 0 aliphatic heterocycles. The van der Waals surface area contributed by atoms with Crippen LogP contribution in [0, 0.1) is 31.1 Å². The summed E-state index contributed by atoms with van der Waals surface area (Å²) in [6.45, 7) is 6.55. The van der Waals surface area contributed by atoms with Gasteiger partial charge in [-0.05, 0) is 26.8 Å². The molecule has 0 aliphatic carbocycles. The molecule has 0 aliphatic rings. The van der Waals surface area contributed by atoms with Gasteiger partial charge in [0.25, 0.3) is 0 Å². The maximum Gasteiger partial charge on any atom is 0.0672 e. The molecule has 1 rings (SSSR count). The number of rotatable bonds is 2. The molecule has 0 amide bonds. The predicted octanol–water partition coefficient (Wildman–Crippen LogP) is 1.66. The lowest BCUT2D eigenvalue weighted by atomic mass is 10.2. The second-order valence-corrected chi connectivity index (χ2v) is 3.14. The fourth-order valence-electron chi connectivity index (χ4n) is 1.16. The first kappa shape index (κ1) is 8.79. The van der Waals surface area contributed by atoms with Crippen LogP contribution in [-0.4, -0.2) is 9.78 Å². The Morgan fingerprint density at radius 2 is 2.33 bits per heavy atom. The summed E-state index contributed by atoms with van der Waals surface area (Å²) in [7, 11) is 0. The van der Waals surface area contributed by atoms with Gasteiger partial charge in [-0.2, -0.15) is 10.4 Å². The van der Waals surface area contributed by atoms with Gasteiger partial charge in [0.05, 0.1) is 24.2 Å². The molecule has 0 saturated carbocycles. The molecule has 1 unspecified atom stereocenters. The number of hydrogen-bond acceptors (Lipinski definition) is 2. The van der Waals surface area contributed by atoms with Crippen molar-refractivity contribution in [3.05, 3.63) is 17.5 Å². The summed E-state index contributed by atoms with van der Waals surface area (Å²) >= 11 is 0. The molecule has 64 valence electrons. The molecule has 1 heterocycles. The lowest BCUT2D eigenvalue weighted by Crippen LogP contribution is -2.08. The molecule has 0 N–H and O–H groups in total. The van der Waals surface area contributed by atoms with Crippen molar-refractivity contribution in [2.45, 2.75) is 27.3 Å². The third kappa shape index (κ3) is 1.85. The highest BCUT2D eigenvalue weighted by Crippen LogP contribution is 2.05. The van der Waals surface area contributed by atoms with E-state index in [0.29, 0.717) is 6.54 Å². The van der Waals surface area contributed by atoms with E-state index in [4.69, 9.17) is 5.26 Å². The molecule has 0 saturated heterocycles. The van der Waals surface area contributed by atoms with E-state index in [-0.39, 0.29) is 5.92 Å². The van der Waals surface area contributed by atoms with Crippen molar-refractivity contribution in [2.24, 2.45) is 5.92 Å².